The van der Waals surface area contributed by atoms with E-state index in [9.17, 15) is 4.39 Å². The highest BCUT2D eigenvalue weighted by molar-refractivity contribution is 5.41. The molecule has 2 aromatic rings. The summed E-state index contributed by atoms with van der Waals surface area (Å²) in [6.45, 7) is 0. The van der Waals surface area contributed by atoms with Gasteiger partial charge in [-0.15, -0.1) is 0 Å². The van der Waals surface area contributed by atoms with Crippen LogP contribution in [0.1, 0.15) is 17.9 Å². The van der Waals surface area contributed by atoms with E-state index in [1.54, 1.807) is 6.07 Å². The standard InChI is InChI=1S/C14H13FN2/c15-11-6-7-14(16-9-11)17-13-8-12(13)10-4-2-1-3-5-10/h1-7,9,12-13H,8H2,(H,16,17). The molecular weight excluding hydrogens is 215 g/mol. The maximum atomic E-state index is 12.7. The second-order valence-electron chi connectivity index (χ2n) is 4.37. The number of rotatable bonds is 3. The van der Waals surface area contributed by atoms with Crippen LogP contribution < -0.4 is 5.32 Å². The summed E-state index contributed by atoms with van der Waals surface area (Å²) in [7, 11) is 0. The molecule has 3 heteroatoms. The van der Waals surface area contributed by atoms with Gasteiger partial charge in [-0.1, -0.05) is 30.3 Å². The van der Waals surface area contributed by atoms with Crippen LogP contribution in [0.15, 0.2) is 48.7 Å². The molecule has 0 aliphatic heterocycles. The number of halogens is 1. The van der Waals surface area contributed by atoms with Crippen LogP contribution in [0.2, 0.25) is 0 Å². The molecule has 2 unspecified atom stereocenters. The Kier molecular flexibility index (Phi) is 2.52. The smallest absolute Gasteiger partial charge is 0.141 e. The lowest BCUT2D eigenvalue weighted by atomic mass is 10.1. The van der Waals surface area contributed by atoms with Gasteiger partial charge in [0.1, 0.15) is 11.6 Å². The second-order valence-corrected chi connectivity index (χ2v) is 4.37. The van der Waals surface area contributed by atoms with E-state index in [1.807, 2.05) is 6.07 Å². The van der Waals surface area contributed by atoms with E-state index in [4.69, 9.17) is 0 Å². The lowest BCUT2D eigenvalue weighted by Crippen LogP contribution is -2.05. The molecule has 1 heterocycles. The first-order chi connectivity index (χ1) is 8.33. The van der Waals surface area contributed by atoms with Crippen molar-refractivity contribution in [3.63, 3.8) is 0 Å². The maximum Gasteiger partial charge on any atom is 0.141 e. The van der Waals surface area contributed by atoms with Crippen molar-refractivity contribution in [1.82, 2.24) is 4.98 Å². The molecule has 2 atom stereocenters. The van der Waals surface area contributed by atoms with E-state index in [-0.39, 0.29) is 5.82 Å². The summed E-state index contributed by atoms with van der Waals surface area (Å²) in [4.78, 5) is 4.00. The molecule has 1 aromatic carbocycles. The Labute approximate surface area is 99.5 Å². The Hall–Kier alpha value is -1.90. The molecule has 1 saturated carbocycles. The fourth-order valence-electron chi connectivity index (χ4n) is 2.07. The van der Waals surface area contributed by atoms with E-state index in [0.29, 0.717) is 12.0 Å². The Bertz CT molecular complexity index is 495. The molecule has 1 aliphatic carbocycles. The number of aromatic nitrogens is 1. The third kappa shape index (κ3) is 2.28. The highest BCUT2D eigenvalue weighted by Gasteiger charge is 2.38. The minimum Gasteiger partial charge on any atom is -0.367 e. The first-order valence-electron chi connectivity index (χ1n) is 5.76. The van der Waals surface area contributed by atoms with Gasteiger partial charge in [-0.25, -0.2) is 9.37 Å². The van der Waals surface area contributed by atoms with Crippen LogP contribution >= 0.6 is 0 Å². The normalized spacial score (nSPS) is 22.2. The molecule has 0 amide bonds. The SMILES string of the molecule is Fc1ccc(NC2CC2c2ccccc2)nc1. The van der Waals surface area contributed by atoms with Crippen molar-refractivity contribution in [2.45, 2.75) is 18.4 Å². The van der Waals surface area contributed by atoms with E-state index in [1.165, 1.54) is 17.8 Å². The van der Waals surface area contributed by atoms with Gasteiger partial charge in [0.05, 0.1) is 6.20 Å². The van der Waals surface area contributed by atoms with E-state index >= 15 is 0 Å². The lowest BCUT2D eigenvalue weighted by molar-refractivity contribution is 0.621. The summed E-state index contributed by atoms with van der Waals surface area (Å²) >= 11 is 0. The van der Waals surface area contributed by atoms with Gasteiger partial charge >= 0.3 is 0 Å². The molecule has 1 aromatic heterocycles. The van der Waals surface area contributed by atoms with Gasteiger partial charge in [-0.2, -0.15) is 0 Å². The van der Waals surface area contributed by atoms with Crippen molar-refractivity contribution in [2.24, 2.45) is 0 Å². The van der Waals surface area contributed by atoms with Gasteiger partial charge in [0, 0.05) is 12.0 Å². The average molecular weight is 228 g/mol. The largest absolute Gasteiger partial charge is 0.367 e. The zero-order valence-electron chi connectivity index (χ0n) is 9.31. The van der Waals surface area contributed by atoms with E-state index in [0.717, 1.165) is 12.2 Å². The number of anilines is 1. The molecule has 17 heavy (non-hydrogen) atoms. The lowest BCUT2D eigenvalue weighted by Gasteiger charge is -2.04. The van der Waals surface area contributed by atoms with Crippen LogP contribution in [-0.2, 0) is 0 Å². The molecule has 0 spiro atoms. The zero-order valence-corrected chi connectivity index (χ0v) is 9.31. The van der Waals surface area contributed by atoms with Crippen LogP contribution in [0, 0.1) is 5.82 Å². The highest BCUT2D eigenvalue weighted by Crippen LogP contribution is 2.42. The Morgan fingerprint density at radius 1 is 1.12 bits per heavy atom. The first-order valence-corrected chi connectivity index (χ1v) is 5.76. The molecule has 86 valence electrons. The van der Waals surface area contributed by atoms with Gasteiger partial charge < -0.3 is 5.32 Å². The topological polar surface area (TPSA) is 24.9 Å². The van der Waals surface area contributed by atoms with Crippen molar-refractivity contribution < 1.29 is 4.39 Å². The highest BCUT2D eigenvalue weighted by atomic mass is 19.1. The summed E-state index contributed by atoms with van der Waals surface area (Å²) in [5, 5.41) is 3.31. The van der Waals surface area contributed by atoms with Crippen LogP contribution in [0.5, 0.6) is 0 Å². The number of hydrogen-bond donors (Lipinski definition) is 1. The van der Waals surface area contributed by atoms with Gasteiger partial charge in [-0.05, 0) is 24.1 Å². The summed E-state index contributed by atoms with van der Waals surface area (Å²) in [6.07, 6.45) is 2.35. The maximum absolute atomic E-state index is 12.7. The Morgan fingerprint density at radius 2 is 1.94 bits per heavy atom. The van der Waals surface area contributed by atoms with Crippen molar-refractivity contribution in [3.8, 4) is 0 Å². The number of pyridine rings is 1. The number of nitrogens with one attached hydrogen (secondary N) is 1. The number of benzene rings is 1. The van der Waals surface area contributed by atoms with Gasteiger partial charge in [-0.3, -0.25) is 0 Å². The van der Waals surface area contributed by atoms with Gasteiger partial charge in [0.2, 0.25) is 0 Å². The minimum atomic E-state index is -0.300. The Balaban J connectivity index is 1.64. The summed E-state index contributed by atoms with van der Waals surface area (Å²) < 4.78 is 12.7. The predicted octanol–water partition coefficient (Wildman–Crippen LogP) is 3.19. The molecule has 0 saturated heterocycles. The first kappa shape index (κ1) is 10.3. The quantitative estimate of drug-likeness (QED) is 0.872. The van der Waals surface area contributed by atoms with E-state index in [2.05, 4.69) is 34.6 Å². The monoisotopic (exact) mass is 228 g/mol. The van der Waals surface area contributed by atoms with Crippen LogP contribution in [-0.4, -0.2) is 11.0 Å². The summed E-state index contributed by atoms with van der Waals surface area (Å²) in [5.74, 6) is 1.00. The van der Waals surface area contributed by atoms with Crippen molar-refractivity contribution in [1.29, 1.82) is 0 Å². The molecule has 1 fully saturated rings. The van der Waals surface area contributed by atoms with Gasteiger partial charge in [0.15, 0.2) is 0 Å². The predicted molar refractivity (Wildman–Crippen MR) is 65.4 cm³/mol. The molecule has 3 rings (SSSR count). The molecule has 0 bridgehead atoms. The summed E-state index contributed by atoms with van der Waals surface area (Å²) in [6, 6.07) is 14.0. The fraction of sp³-hybridized carbons (Fsp3) is 0.214. The third-order valence-electron chi connectivity index (χ3n) is 3.08. The molecule has 1 N–H and O–H groups in total. The number of nitrogens with zero attached hydrogens (tertiary/aromatic N) is 1. The minimum absolute atomic E-state index is 0.300. The van der Waals surface area contributed by atoms with E-state index < -0.39 is 0 Å². The van der Waals surface area contributed by atoms with Crippen LogP contribution in [0.25, 0.3) is 0 Å². The molecule has 1 aliphatic rings. The average Bonchev–Trinajstić information content (AvgIpc) is 3.13. The third-order valence-corrected chi connectivity index (χ3v) is 3.08. The number of hydrogen-bond acceptors (Lipinski definition) is 2. The molecular formula is C14H13FN2. The fourth-order valence-corrected chi connectivity index (χ4v) is 2.07. The van der Waals surface area contributed by atoms with Crippen LogP contribution in [0.4, 0.5) is 10.2 Å². The zero-order chi connectivity index (χ0) is 11.7. The molecule has 0 radical (unpaired) electrons. The van der Waals surface area contributed by atoms with Crippen molar-refractivity contribution >= 4 is 5.82 Å². The van der Waals surface area contributed by atoms with Crippen molar-refractivity contribution in [2.75, 3.05) is 5.32 Å². The molecule has 2 nitrogen and oxygen atoms in total. The van der Waals surface area contributed by atoms with Gasteiger partial charge in [0.25, 0.3) is 0 Å². The van der Waals surface area contributed by atoms with Crippen LogP contribution in [0.3, 0.4) is 0 Å². The second kappa shape index (κ2) is 4.17. The van der Waals surface area contributed by atoms with Crippen molar-refractivity contribution in [3.05, 3.63) is 60.0 Å². The Morgan fingerprint density at radius 3 is 2.65 bits per heavy atom. The summed E-state index contributed by atoms with van der Waals surface area (Å²) in [5.41, 5.74) is 1.35.